The van der Waals surface area contributed by atoms with Crippen LogP contribution in [0.3, 0.4) is 0 Å². The molecule has 1 aliphatic rings. The van der Waals surface area contributed by atoms with E-state index >= 15 is 0 Å². The molecule has 3 heterocycles. The molecule has 1 saturated heterocycles. The lowest BCUT2D eigenvalue weighted by Gasteiger charge is -2.34. The van der Waals surface area contributed by atoms with Crippen LogP contribution in [0.2, 0.25) is 0 Å². The summed E-state index contributed by atoms with van der Waals surface area (Å²) in [6.45, 7) is 3.93. The number of carbonyl (C=O) groups excluding carboxylic acids is 1. The molecule has 0 radical (unpaired) electrons. The van der Waals surface area contributed by atoms with Crippen molar-refractivity contribution in [3.63, 3.8) is 0 Å². The van der Waals surface area contributed by atoms with Crippen molar-refractivity contribution in [3.8, 4) is 0 Å². The highest BCUT2D eigenvalue weighted by Gasteiger charge is 2.21. The summed E-state index contributed by atoms with van der Waals surface area (Å²) in [5.41, 5.74) is 0. The predicted octanol–water partition coefficient (Wildman–Crippen LogP) is 1.68. The molecule has 0 aromatic carbocycles. The van der Waals surface area contributed by atoms with E-state index in [1.807, 2.05) is 24.4 Å². The van der Waals surface area contributed by atoms with Crippen LogP contribution in [-0.2, 0) is 0 Å². The first-order valence-corrected chi connectivity index (χ1v) is 6.78. The number of carbonyl (C=O) groups is 1. The van der Waals surface area contributed by atoms with Crippen LogP contribution in [0.15, 0.2) is 47.2 Å². The van der Waals surface area contributed by atoms with Crippen molar-refractivity contribution in [1.82, 2.24) is 9.88 Å². The average molecular weight is 271 g/mol. The molecule has 0 saturated carbocycles. The topological polar surface area (TPSA) is 49.6 Å². The van der Waals surface area contributed by atoms with Gasteiger partial charge in [0.25, 0.3) is 0 Å². The maximum atomic E-state index is 12.0. The fraction of sp³-hybridized carbons (Fsp3) is 0.333. The summed E-state index contributed by atoms with van der Waals surface area (Å²) in [4.78, 5) is 20.7. The van der Waals surface area contributed by atoms with E-state index in [0.29, 0.717) is 12.3 Å². The Morgan fingerprint density at radius 1 is 1.15 bits per heavy atom. The third-order valence-electron chi connectivity index (χ3n) is 3.51. The van der Waals surface area contributed by atoms with E-state index in [1.54, 1.807) is 12.1 Å². The molecule has 104 valence electrons. The summed E-state index contributed by atoms with van der Waals surface area (Å²) >= 11 is 0. The van der Waals surface area contributed by atoms with Gasteiger partial charge in [0.05, 0.1) is 12.8 Å². The lowest BCUT2D eigenvalue weighted by Crippen LogP contribution is -2.48. The van der Waals surface area contributed by atoms with Gasteiger partial charge in [-0.1, -0.05) is 6.07 Å². The van der Waals surface area contributed by atoms with Crippen LogP contribution < -0.4 is 4.90 Å². The molecule has 0 aliphatic carbocycles. The quantitative estimate of drug-likeness (QED) is 0.792. The minimum Gasteiger partial charge on any atom is -0.461 e. The second-order valence-electron chi connectivity index (χ2n) is 4.85. The third kappa shape index (κ3) is 2.88. The number of nitrogens with zero attached hydrogens (tertiary/aromatic N) is 3. The normalized spacial score (nSPS) is 16.3. The number of ketones is 1. The largest absolute Gasteiger partial charge is 0.461 e. The molecule has 5 heteroatoms. The summed E-state index contributed by atoms with van der Waals surface area (Å²) in [6, 6.07) is 9.39. The standard InChI is InChI=1S/C15H17N3O2/c19-13(14-4-3-11-20-14)12-17-7-9-18(10-8-17)15-5-1-2-6-16-15/h1-6,11H,7-10,12H2. The number of Topliss-reactive ketones (excluding diaryl/α,β-unsaturated/α-hetero) is 1. The highest BCUT2D eigenvalue weighted by atomic mass is 16.3. The number of hydrogen-bond donors (Lipinski definition) is 0. The van der Waals surface area contributed by atoms with Crippen molar-refractivity contribution in [2.75, 3.05) is 37.6 Å². The Balaban J connectivity index is 1.53. The number of rotatable bonds is 4. The van der Waals surface area contributed by atoms with E-state index in [2.05, 4.69) is 14.8 Å². The summed E-state index contributed by atoms with van der Waals surface area (Å²) in [5, 5.41) is 0. The fourth-order valence-corrected chi connectivity index (χ4v) is 2.39. The van der Waals surface area contributed by atoms with Gasteiger partial charge in [0.2, 0.25) is 5.78 Å². The number of anilines is 1. The van der Waals surface area contributed by atoms with Gasteiger partial charge in [-0.2, -0.15) is 0 Å². The average Bonchev–Trinajstić information content (AvgIpc) is 3.03. The lowest BCUT2D eigenvalue weighted by molar-refractivity contribution is 0.0899. The monoisotopic (exact) mass is 271 g/mol. The Morgan fingerprint density at radius 2 is 2.00 bits per heavy atom. The summed E-state index contributed by atoms with van der Waals surface area (Å²) in [6.07, 6.45) is 3.34. The smallest absolute Gasteiger partial charge is 0.211 e. The minimum absolute atomic E-state index is 0.0429. The molecule has 0 bridgehead atoms. The zero-order valence-corrected chi connectivity index (χ0v) is 11.2. The maximum absolute atomic E-state index is 12.0. The lowest BCUT2D eigenvalue weighted by atomic mass is 10.2. The molecule has 3 rings (SSSR count). The minimum atomic E-state index is 0.0429. The maximum Gasteiger partial charge on any atom is 0.211 e. The summed E-state index contributed by atoms with van der Waals surface area (Å²) in [7, 11) is 0. The number of hydrogen-bond acceptors (Lipinski definition) is 5. The van der Waals surface area contributed by atoms with Crippen LogP contribution in [0.4, 0.5) is 5.82 Å². The van der Waals surface area contributed by atoms with Crippen LogP contribution >= 0.6 is 0 Å². The molecule has 20 heavy (non-hydrogen) atoms. The van der Waals surface area contributed by atoms with Gasteiger partial charge in [0.1, 0.15) is 5.82 Å². The van der Waals surface area contributed by atoms with Gasteiger partial charge in [-0.3, -0.25) is 9.69 Å². The van der Waals surface area contributed by atoms with Crippen LogP contribution in [-0.4, -0.2) is 48.4 Å². The molecule has 0 spiro atoms. The van der Waals surface area contributed by atoms with Crippen LogP contribution in [0.25, 0.3) is 0 Å². The van der Waals surface area contributed by atoms with Gasteiger partial charge >= 0.3 is 0 Å². The van der Waals surface area contributed by atoms with Crippen molar-refractivity contribution in [2.45, 2.75) is 0 Å². The van der Waals surface area contributed by atoms with Crippen molar-refractivity contribution in [3.05, 3.63) is 48.6 Å². The molecule has 2 aromatic heterocycles. The molecular weight excluding hydrogens is 254 g/mol. The molecule has 1 aliphatic heterocycles. The van der Waals surface area contributed by atoms with Crippen molar-refractivity contribution in [2.24, 2.45) is 0 Å². The van der Waals surface area contributed by atoms with E-state index in [4.69, 9.17) is 4.42 Å². The first-order valence-electron chi connectivity index (χ1n) is 6.78. The first kappa shape index (κ1) is 12.9. The zero-order valence-electron chi connectivity index (χ0n) is 11.2. The van der Waals surface area contributed by atoms with Crippen molar-refractivity contribution < 1.29 is 9.21 Å². The molecule has 1 fully saturated rings. The predicted molar refractivity (Wildman–Crippen MR) is 75.9 cm³/mol. The van der Waals surface area contributed by atoms with E-state index in [9.17, 15) is 4.79 Å². The van der Waals surface area contributed by atoms with Gasteiger partial charge in [-0.15, -0.1) is 0 Å². The number of furan rings is 1. The molecule has 2 aromatic rings. The van der Waals surface area contributed by atoms with Crippen LogP contribution in [0.1, 0.15) is 10.6 Å². The van der Waals surface area contributed by atoms with Gasteiger partial charge in [0, 0.05) is 32.4 Å². The van der Waals surface area contributed by atoms with Gasteiger partial charge in [-0.25, -0.2) is 4.98 Å². The second-order valence-corrected chi connectivity index (χ2v) is 4.85. The van der Waals surface area contributed by atoms with Crippen LogP contribution in [0.5, 0.6) is 0 Å². The van der Waals surface area contributed by atoms with E-state index in [0.717, 1.165) is 32.0 Å². The van der Waals surface area contributed by atoms with Crippen LogP contribution in [0, 0.1) is 0 Å². The SMILES string of the molecule is O=C(CN1CCN(c2ccccn2)CC1)c1ccco1. The Labute approximate surface area is 117 Å². The molecule has 0 unspecified atom stereocenters. The molecular formula is C15H17N3O2. The molecule has 0 N–H and O–H groups in total. The highest BCUT2D eigenvalue weighted by Crippen LogP contribution is 2.13. The third-order valence-corrected chi connectivity index (χ3v) is 3.51. The highest BCUT2D eigenvalue weighted by molar-refractivity contribution is 5.95. The fourth-order valence-electron chi connectivity index (χ4n) is 2.39. The first-order chi connectivity index (χ1) is 9.83. The Hall–Kier alpha value is -2.14. The second kappa shape index (κ2) is 5.88. The summed E-state index contributed by atoms with van der Waals surface area (Å²) in [5.74, 6) is 1.49. The van der Waals surface area contributed by atoms with Gasteiger partial charge in [-0.05, 0) is 24.3 Å². The van der Waals surface area contributed by atoms with E-state index in [1.165, 1.54) is 6.26 Å². The Kier molecular flexibility index (Phi) is 3.78. The van der Waals surface area contributed by atoms with Crippen molar-refractivity contribution >= 4 is 11.6 Å². The van der Waals surface area contributed by atoms with Gasteiger partial charge in [0.15, 0.2) is 5.76 Å². The summed E-state index contributed by atoms with van der Waals surface area (Å²) < 4.78 is 5.13. The molecule has 0 atom stereocenters. The number of piperazine rings is 1. The number of pyridine rings is 1. The molecule has 0 amide bonds. The van der Waals surface area contributed by atoms with E-state index < -0.39 is 0 Å². The Bertz CT molecular complexity index is 546. The number of aromatic nitrogens is 1. The zero-order chi connectivity index (χ0) is 13.8. The van der Waals surface area contributed by atoms with E-state index in [-0.39, 0.29) is 5.78 Å². The Morgan fingerprint density at radius 3 is 2.65 bits per heavy atom. The van der Waals surface area contributed by atoms with Crippen molar-refractivity contribution in [1.29, 1.82) is 0 Å². The molecule has 5 nitrogen and oxygen atoms in total. The van der Waals surface area contributed by atoms with Gasteiger partial charge < -0.3 is 9.32 Å².